The predicted molar refractivity (Wildman–Crippen MR) is 78.4 cm³/mol. The number of rotatable bonds is 4. The molecule has 0 aromatic carbocycles. The number of hydrogen-bond acceptors (Lipinski definition) is 5. The van der Waals surface area contributed by atoms with Crippen LogP contribution < -0.4 is 0 Å². The summed E-state index contributed by atoms with van der Waals surface area (Å²) >= 11 is 0. The van der Waals surface area contributed by atoms with Crippen LogP contribution in [-0.4, -0.2) is 45.8 Å². The van der Waals surface area contributed by atoms with Crippen LogP contribution in [0.4, 0.5) is 0 Å². The molecule has 1 amide bonds. The van der Waals surface area contributed by atoms with Gasteiger partial charge in [-0.1, -0.05) is 0 Å². The van der Waals surface area contributed by atoms with Gasteiger partial charge in [-0.3, -0.25) is 4.79 Å². The van der Waals surface area contributed by atoms with Crippen LogP contribution in [0.25, 0.3) is 0 Å². The highest BCUT2D eigenvalue weighted by Crippen LogP contribution is 2.24. The molecule has 0 radical (unpaired) electrons. The Morgan fingerprint density at radius 3 is 3.14 bits per heavy atom. The first-order valence-electron chi connectivity index (χ1n) is 7.40. The van der Waals surface area contributed by atoms with Crippen LogP contribution in [0.2, 0.25) is 0 Å². The number of piperidine rings is 1. The van der Waals surface area contributed by atoms with E-state index in [1.165, 1.54) is 6.33 Å². The van der Waals surface area contributed by atoms with Gasteiger partial charge in [0, 0.05) is 20.2 Å². The molecule has 0 aliphatic carbocycles. The molecule has 0 N–H and O–H groups in total. The molecule has 1 atom stereocenters. The van der Waals surface area contributed by atoms with E-state index in [-0.39, 0.29) is 11.9 Å². The Kier molecular flexibility index (Phi) is 4.24. The summed E-state index contributed by atoms with van der Waals surface area (Å²) in [6.07, 6.45) is 5.20. The van der Waals surface area contributed by atoms with Crippen molar-refractivity contribution in [2.24, 2.45) is 0 Å². The summed E-state index contributed by atoms with van der Waals surface area (Å²) in [5.74, 6) is 1.32. The number of furan rings is 1. The number of amides is 1. The third kappa shape index (κ3) is 2.89. The number of likely N-dealkylation sites (tertiary alicyclic amines) is 1. The molecule has 1 saturated heterocycles. The SMILES string of the molecule is COCc1cc(C(=O)N2CCC[C@@H](n3cncn3)C2)c(C)o1. The molecule has 3 heterocycles. The number of nitrogens with zero attached hydrogens (tertiary/aromatic N) is 4. The first-order chi connectivity index (χ1) is 10.7. The van der Waals surface area contributed by atoms with Gasteiger partial charge in [-0.25, -0.2) is 9.67 Å². The molecule has 118 valence electrons. The average Bonchev–Trinajstić information content (AvgIpc) is 3.17. The summed E-state index contributed by atoms with van der Waals surface area (Å²) in [4.78, 5) is 18.6. The standard InChI is InChI=1S/C15H20N4O3/c1-11-14(6-13(22-11)8-21-2)15(20)18-5-3-4-12(7-18)19-10-16-9-17-19/h6,9-10,12H,3-5,7-8H2,1-2H3/t12-/m1/s1. The van der Waals surface area contributed by atoms with Gasteiger partial charge < -0.3 is 14.1 Å². The molecule has 1 aliphatic heterocycles. The minimum atomic E-state index is 0.00779. The van der Waals surface area contributed by atoms with Crippen molar-refractivity contribution in [3.05, 3.63) is 35.8 Å². The lowest BCUT2D eigenvalue weighted by Gasteiger charge is -2.32. The largest absolute Gasteiger partial charge is 0.463 e. The number of aryl methyl sites for hydroxylation is 1. The highest BCUT2D eigenvalue weighted by Gasteiger charge is 2.28. The zero-order chi connectivity index (χ0) is 15.5. The van der Waals surface area contributed by atoms with Crippen molar-refractivity contribution in [3.63, 3.8) is 0 Å². The third-order valence-corrected chi connectivity index (χ3v) is 3.98. The summed E-state index contributed by atoms with van der Waals surface area (Å²) in [6, 6.07) is 1.96. The van der Waals surface area contributed by atoms with E-state index in [0.29, 0.717) is 30.2 Å². The van der Waals surface area contributed by atoms with Gasteiger partial charge in [0.1, 0.15) is 30.8 Å². The third-order valence-electron chi connectivity index (χ3n) is 3.98. The molecule has 0 unspecified atom stereocenters. The van der Waals surface area contributed by atoms with Gasteiger partial charge in [-0.2, -0.15) is 5.10 Å². The van der Waals surface area contributed by atoms with Gasteiger partial charge in [0.25, 0.3) is 5.91 Å². The van der Waals surface area contributed by atoms with Crippen molar-refractivity contribution in [3.8, 4) is 0 Å². The maximum atomic E-state index is 12.7. The van der Waals surface area contributed by atoms with Gasteiger partial charge in [0.2, 0.25) is 0 Å². The number of carbonyl (C=O) groups is 1. The zero-order valence-corrected chi connectivity index (χ0v) is 12.9. The van der Waals surface area contributed by atoms with E-state index in [1.54, 1.807) is 19.5 Å². The summed E-state index contributed by atoms with van der Waals surface area (Å²) < 4.78 is 12.4. The fraction of sp³-hybridized carbons (Fsp3) is 0.533. The normalized spacial score (nSPS) is 18.6. The van der Waals surface area contributed by atoms with Crippen molar-refractivity contribution in [2.75, 3.05) is 20.2 Å². The van der Waals surface area contributed by atoms with Crippen LogP contribution in [0, 0.1) is 6.92 Å². The number of hydrogen-bond donors (Lipinski definition) is 0. The van der Waals surface area contributed by atoms with Crippen molar-refractivity contribution in [1.29, 1.82) is 0 Å². The van der Waals surface area contributed by atoms with Crippen molar-refractivity contribution >= 4 is 5.91 Å². The van der Waals surface area contributed by atoms with Crippen LogP contribution in [-0.2, 0) is 11.3 Å². The monoisotopic (exact) mass is 304 g/mol. The molecule has 7 heteroatoms. The summed E-state index contributed by atoms with van der Waals surface area (Å²) in [5.41, 5.74) is 0.617. The number of carbonyl (C=O) groups excluding carboxylic acids is 1. The van der Waals surface area contributed by atoms with Crippen molar-refractivity contribution in [1.82, 2.24) is 19.7 Å². The average molecular weight is 304 g/mol. The van der Waals surface area contributed by atoms with E-state index in [9.17, 15) is 4.79 Å². The lowest BCUT2D eigenvalue weighted by Crippen LogP contribution is -2.40. The Labute approximate surface area is 128 Å². The van der Waals surface area contributed by atoms with Crippen molar-refractivity contribution < 1.29 is 13.9 Å². The Balaban J connectivity index is 1.74. The minimum Gasteiger partial charge on any atom is -0.463 e. The van der Waals surface area contributed by atoms with E-state index in [1.807, 2.05) is 16.5 Å². The predicted octanol–water partition coefficient (Wildman–Crippen LogP) is 1.80. The smallest absolute Gasteiger partial charge is 0.257 e. The fourth-order valence-corrected chi connectivity index (χ4v) is 2.90. The first kappa shape index (κ1) is 14.8. The quantitative estimate of drug-likeness (QED) is 0.861. The van der Waals surface area contributed by atoms with Gasteiger partial charge in [-0.15, -0.1) is 0 Å². The van der Waals surface area contributed by atoms with Gasteiger partial charge >= 0.3 is 0 Å². The maximum Gasteiger partial charge on any atom is 0.257 e. The molecule has 1 fully saturated rings. The van der Waals surface area contributed by atoms with E-state index in [0.717, 1.165) is 19.4 Å². The van der Waals surface area contributed by atoms with Crippen LogP contribution in [0.5, 0.6) is 0 Å². The second-order valence-electron chi connectivity index (χ2n) is 5.54. The summed E-state index contributed by atoms with van der Waals surface area (Å²) in [6.45, 7) is 3.58. The second kappa shape index (κ2) is 6.31. The Hall–Kier alpha value is -2.15. The molecule has 0 spiro atoms. The van der Waals surface area contributed by atoms with E-state index < -0.39 is 0 Å². The molecule has 0 saturated carbocycles. The van der Waals surface area contributed by atoms with Crippen LogP contribution in [0.3, 0.4) is 0 Å². The molecular formula is C15H20N4O3. The summed E-state index contributed by atoms with van der Waals surface area (Å²) in [5, 5.41) is 4.18. The topological polar surface area (TPSA) is 73.4 Å². The highest BCUT2D eigenvalue weighted by atomic mass is 16.5. The number of ether oxygens (including phenoxy) is 1. The molecule has 7 nitrogen and oxygen atoms in total. The lowest BCUT2D eigenvalue weighted by molar-refractivity contribution is 0.0671. The van der Waals surface area contributed by atoms with Gasteiger partial charge in [0.15, 0.2) is 0 Å². The van der Waals surface area contributed by atoms with Crippen LogP contribution >= 0.6 is 0 Å². The zero-order valence-electron chi connectivity index (χ0n) is 12.9. The van der Waals surface area contributed by atoms with Crippen molar-refractivity contribution in [2.45, 2.75) is 32.4 Å². The molecular weight excluding hydrogens is 284 g/mol. The number of methoxy groups -OCH3 is 1. The molecule has 1 aliphatic rings. The Morgan fingerprint density at radius 2 is 2.41 bits per heavy atom. The Bertz CT molecular complexity index is 635. The maximum absolute atomic E-state index is 12.7. The van der Waals surface area contributed by atoms with Crippen LogP contribution in [0.15, 0.2) is 23.1 Å². The molecule has 22 heavy (non-hydrogen) atoms. The molecule has 0 bridgehead atoms. The Morgan fingerprint density at radius 1 is 1.55 bits per heavy atom. The van der Waals surface area contributed by atoms with E-state index in [2.05, 4.69) is 10.1 Å². The van der Waals surface area contributed by atoms with Crippen LogP contribution in [0.1, 0.15) is 40.8 Å². The first-order valence-corrected chi connectivity index (χ1v) is 7.40. The molecule has 2 aromatic heterocycles. The highest BCUT2D eigenvalue weighted by molar-refractivity contribution is 5.95. The van der Waals surface area contributed by atoms with Gasteiger partial charge in [-0.05, 0) is 25.8 Å². The lowest BCUT2D eigenvalue weighted by atomic mass is 10.0. The number of aromatic nitrogens is 3. The fourth-order valence-electron chi connectivity index (χ4n) is 2.90. The van der Waals surface area contributed by atoms with E-state index in [4.69, 9.17) is 9.15 Å². The molecule has 3 rings (SSSR count). The minimum absolute atomic E-state index is 0.00779. The van der Waals surface area contributed by atoms with Gasteiger partial charge in [0.05, 0.1) is 11.6 Å². The summed E-state index contributed by atoms with van der Waals surface area (Å²) in [7, 11) is 1.60. The van der Waals surface area contributed by atoms with E-state index >= 15 is 0 Å². The molecule has 2 aromatic rings. The second-order valence-corrected chi connectivity index (χ2v) is 5.54.